The first-order valence-electron chi connectivity index (χ1n) is 5.76. The summed E-state index contributed by atoms with van der Waals surface area (Å²) >= 11 is 0. The van der Waals surface area contributed by atoms with E-state index in [1.807, 2.05) is 13.1 Å². The lowest BCUT2D eigenvalue weighted by molar-refractivity contribution is 0.0962. The fourth-order valence-corrected chi connectivity index (χ4v) is 2.51. The molecule has 0 spiro atoms. The van der Waals surface area contributed by atoms with Gasteiger partial charge in [-0.3, -0.25) is 0 Å². The summed E-state index contributed by atoms with van der Waals surface area (Å²) in [5.41, 5.74) is 1.00. The molecule has 1 aromatic rings. The van der Waals surface area contributed by atoms with Gasteiger partial charge in [0.15, 0.2) is 0 Å². The molecule has 2 rings (SSSR count). The van der Waals surface area contributed by atoms with E-state index in [0.29, 0.717) is 5.92 Å². The van der Waals surface area contributed by atoms with Crippen LogP contribution in [0.4, 0.5) is 4.39 Å². The lowest BCUT2D eigenvalue weighted by Gasteiger charge is -2.25. The third-order valence-electron chi connectivity index (χ3n) is 3.38. The average molecular weight is 223 g/mol. The first-order valence-corrected chi connectivity index (χ1v) is 5.76. The van der Waals surface area contributed by atoms with Crippen molar-refractivity contribution < 1.29 is 9.13 Å². The van der Waals surface area contributed by atoms with Gasteiger partial charge in [-0.25, -0.2) is 4.39 Å². The summed E-state index contributed by atoms with van der Waals surface area (Å²) in [5, 5.41) is 3.27. The molecule has 1 heterocycles. The Hall–Kier alpha value is -0.930. The Balaban J connectivity index is 2.21. The summed E-state index contributed by atoms with van der Waals surface area (Å²) in [6, 6.07) is 6.98. The Kier molecular flexibility index (Phi) is 3.56. The Bertz CT molecular complexity index is 356. The van der Waals surface area contributed by atoms with Crippen molar-refractivity contribution in [3.63, 3.8) is 0 Å². The highest BCUT2D eigenvalue weighted by Gasteiger charge is 2.31. The Labute approximate surface area is 95.8 Å². The molecule has 0 aromatic heterocycles. The van der Waals surface area contributed by atoms with E-state index < -0.39 is 0 Å². The van der Waals surface area contributed by atoms with E-state index in [0.717, 1.165) is 18.6 Å². The fraction of sp³-hybridized carbons (Fsp3) is 0.538. The van der Waals surface area contributed by atoms with Crippen LogP contribution in [0.1, 0.15) is 24.9 Å². The number of benzene rings is 1. The van der Waals surface area contributed by atoms with Gasteiger partial charge < -0.3 is 10.1 Å². The monoisotopic (exact) mass is 223 g/mol. The van der Waals surface area contributed by atoms with Crippen LogP contribution in [0.3, 0.4) is 0 Å². The molecule has 1 fully saturated rings. The lowest BCUT2D eigenvalue weighted by Crippen LogP contribution is -2.29. The largest absolute Gasteiger partial charge is 0.378 e. The third kappa shape index (κ3) is 2.25. The molecule has 1 aliphatic rings. The SMILES string of the molecule is CNC(c1cccc(F)c1)C1CCOC1C. The second-order valence-corrected chi connectivity index (χ2v) is 4.35. The molecule has 1 N–H and O–H groups in total. The molecule has 3 heteroatoms. The van der Waals surface area contributed by atoms with E-state index in [9.17, 15) is 4.39 Å². The minimum absolute atomic E-state index is 0.174. The maximum absolute atomic E-state index is 13.2. The van der Waals surface area contributed by atoms with Crippen LogP contribution < -0.4 is 5.32 Å². The van der Waals surface area contributed by atoms with Crippen molar-refractivity contribution in [2.75, 3.05) is 13.7 Å². The molecule has 0 aliphatic carbocycles. The van der Waals surface area contributed by atoms with Crippen LogP contribution in [0.25, 0.3) is 0 Å². The normalized spacial score (nSPS) is 26.9. The minimum atomic E-state index is -0.177. The molecule has 0 radical (unpaired) electrons. The van der Waals surface area contributed by atoms with Gasteiger partial charge >= 0.3 is 0 Å². The second kappa shape index (κ2) is 4.93. The minimum Gasteiger partial charge on any atom is -0.378 e. The molecule has 0 bridgehead atoms. The average Bonchev–Trinajstić information content (AvgIpc) is 2.67. The number of rotatable bonds is 3. The van der Waals surface area contributed by atoms with Gasteiger partial charge in [0, 0.05) is 18.6 Å². The topological polar surface area (TPSA) is 21.3 Å². The molecule has 0 amide bonds. The van der Waals surface area contributed by atoms with Gasteiger partial charge in [0.25, 0.3) is 0 Å². The number of ether oxygens (including phenoxy) is 1. The van der Waals surface area contributed by atoms with Crippen LogP contribution in [0.15, 0.2) is 24.3 Å². The molecule has 1 aromatic carbocycles. The Morgan fingerprint density at radius 3 is 2.88 bits per heavy atom. The van der Waals surface area contributed by atoms with Gasteiger partial charge in [-0.2, -0.15) is 0 Å². The van der Waals surface area contributed by atoms with Crippen molar-refractivity contribution in [2.45, 2.75) is 25.5 Å². The number of halogens is 1. The summed E-state index contributed by atoms with van der Waals surface area (Å²) in [6.45, 7) is 2.89. The van der Waals surface area contributed by atoms with Crippen LogP contribution in [-0.2, 0) is 4.74 Å². The van der Waals surface area contributed by atoms with Gasteiger partial charge in [0.2, 0.25) is 0 Å². The predicted molar refractivity (Wildman–Crippen MR) is 61.7 cm³/mol. The molecular weight excluding hydrogens is 205 g/mol. The number of nitrogens with one attached hydrogen (secondary N) is 1. The van der Waals surface area contributed by atoms with Crippen LogP contribution in [0.5, 0.6) is 0 Å². The molecule has 3 unspecified atom stereocenters. The van der Waals surface area contributed by atoms with Gasteiger partial charge in [-0.15, -0.1) is 0 Å². The van der Waals surface area contributed by atoms with E-state index in [-0.39, 0.29) is 18.0 Å². The molecule has 3 atom stereocenters. The predicted octanol–water partition coefficient (Wildman–Crippen LogP) is 2.51. The van der Waals surface area contributed by atoms with E-state index in [1.54, 1.807) is 12.1 Å². The smallest absolute Gasteiger partial charge is 0.123 e. The molecular formula is C13H18FNO. The molecule has 2 nitrogen and oxygen atoms in total. The van der Waals surface area contributed by atoms with Crippen LogP contribution in [0, 0.1) is 11.7 Å². The summed E-state index contributed by atoms with van der Waals surface area (Å²) in [4.78, 5) is 0. The summed E-state index contributed by atoms with van der Waals surface area (Å²) in [5.74, 6) is 0.246. The summed E-state index contributed by atoms with van der Waals surface area (Å²) in [6.07, 6.45) is 1.27. The maximum Gasteiger partial charge on any atom is 0.123 e. The van der Waals surface area contributed by atoms with Gasteiger partial charge in [0.05, 0.1) is 6.10 Å². The lowest BCUT2D eigenvalue weighted by atomic mass is 9.88. The Morgan fingerprint density at radius 2 is 2.31 bits per heavy atom. The van der Waals surface area contributed by atoms with Gasteiger partial charge in [-0.1, -0.05) is 12.1 Å². The van der Waals surface area contributed by atoms with E-state index in [1.165, 1.54) is 6.07 Å². The molecule has 0 saturated carbocycles. The van der Waals surface area contributed by atoms with Gasteiger partial charge in [0.1, 0.15) is 5.82 Å². The highest BCUT2D eigenvalue weighted by Crippen LogP contribution is 2.33. The van der Waals surface area contributed by atoms with Crippen LogP contribution >= 0.6 is 0 Å². The standard InChI is InChI=1S/C13H18FNO/c1-9-12(6-7-16-9)13(15-2)10-4-3-5-11(14)8-10/h3-5,8-9,12-13,15H,6-7H2,1-2H3. The first kappa shape index (κ1) is 11.6. The number of hydrogen-bond donors (Lipinski definition) is 1. The maximum atomic E-state index is 13.2. The zero-order valence-corrected chi connectivity index (χ0v) is 9.74. The van der Waals surface area contributed by atoms with E-state index in [2.05, 4.69) is 12.2 Å². The van der Waals surface area contributed by atoms with Crippen LogP contribution in [0.2, 0.25) is 0 Å². The van der Waals surface area contributed by atoms with Crippen molar-refractivity contribution in [2.24, 2.45) is 5.92 Å². The second-order valence-electron chi connectivity index (χ2n) is 4.35. The highest BCUT2D eigenvalue weighted by atomic mass is 19.1. The molecule has 16 heavy (non-hydrogen) atoms. The van der Waals surface area contributed by atoms with Gasteiger partial charge in [-0.05, 0) is 38.1 Å². The third-order valence-corrected chi connectivity index (χ3v) is 3.38. The van der Waals surface area contributed by atoms with Crippen molar-refractivity contribution >= 4 is 0 Å². The van der Waals surface area contributed by atoms with Crippen LogP contribution in [-0.4, -0.2) is 19.8 Å². The van der Waals surface area contributed by atoms with Crippen molar-refractivity contribution in [1.29, 1.82) is 0 Å². The quantitative estimate of drug-likeness (QED) is 0.850. The zero-order valence-electron chi connectivity index (χ0n) is 9.74. The number of hydrogen-bond acceptors (Lipinski definition) is 2. The van der Waals surface area contributed by atoms with Crippen molar-refractivity contribution in [3.8, 4) is 0 Å². The fourth-order valence-electron chi connectivity index (χ4n) is 2.51. The molecule has 88 valence electrons. The van der Waals surface area contributed by atoms with E-state index >= 15 is 0 Å². The summed E-state index contributed by atoms with van der Waals surface area (Å²) < 4.78 is 18.8. The molecule has 1 aliphatic heterocycles. The Morgan fingerprint density at radius 1 is 1.50 bits per heavy atom. The molecule has 1 saturated heterocycles. The highest BCUT2D eigenvalue weighted by molar-refractivity contribution is 5.21. The summed E-state index contributed by atoms with van der Waals surface area (Å²) in [7, 11) is 1.92. The van der Waals surface area contributed by atoms with E-state index in [4.69, 9.17) is 4.74 Å². The van der Waals surface area contributed by atoms with Crippen molar-refractivity contribution in [1.82, 2.24) is 5.32 Å². The first-order chi connectivity index (χ1) is 7.72. The zero-order chi connectivity index (χ0) is 11.5. The van der Waals surface area contributed by atoms with Crippen molar-refractivity contribution in [3.05, 3.63) is 35.6 Å².